The van der Waals surface area contributed by atoms with Gasteiger partial charge in [0.2, 0.25) is 11.6 Å². The van der Waals surface area contributed by atoms with Gasteiger partial charge in [-0.3, -0.25) is 14.4 Å². The third-order valence-electron chi connectivity index (χ3n) is 12.9. The van der Waals surface area contributed by atoms with Gasteiger partial charge in [-0.05, 0) is 45.4 Å². The number of nitrogens with one attached hydrogen (secondary N) is 1. The van der Waals surface area contributed by atoms with Crippen LogP contribution in [0.25, 0.3) is 0 Å². The highest BCUT2D eigenvalue weighted by molar-refractivity contribution is 6.40. The molecule has 4 fully saturated rings. The molecule has 1 heterocycles. The number of fused-ring (bicyclic) bond motifs is 5. The number of carbonyl (C=O) groups is 6. The first-order valence-corrected chi connectivity index (χ1v) is 19.5. The molecule has 0 radical (unpaired) electrons. The molecule has 3 saturated carbocycles. The molecule has 6 rings (SSSR count). The lowest BCUT2D eigenvalue weighted by molar-refractivity contribution is -0.350. The summed E-state index contributed by atoms with van der Waals surface area (Å²) < 4.78 is 29.5. The molecule has 1 saturated heterocycles. The maximum atomic E-state index is 14.9. The van der Waals surface area contributed by atoms with Crippen LogP contribution in [0, 0.1) is 28.6 Å². The van der Waals surface area contributed by atoms with Crippen LogP contribution < -0.4 is 5.32 Å². The number of hydrogen-bond acceptors (Lipinski definition) is 14. The molecule has 2 aromatic carbocycles. The van der Waals surface area contributed by atoms with Gasteiger partial charge in [-0.25, -0.2) is 14.4 Å². The van der Waals surface area contributed by atoms with E-state index in [0.29, 0.717) is 5.56 Å². The van der Waals surface area contributed by atoms with Gasteiger partial charge < -0.3 is 44.3 Å². The van der Waals surface area contributed by atoms with Crippen molar-refractivity contribution in [3.8, 4) is 0 Å². The Morgan fingerprint density at radius 3 is 2.10 bits per heavy atom. The molecule has 3 aliphatic carbocycles. The Bertz CT molecular complexity index is 1950. The molecular formula is C43H53NO14. The summed E-state index contributed by atoms with van der Waals surface area (Å²) >= 11 is 0. The maximum Gasteiger partial charge on any atom is 0.408 e. The summed E-state index contributed by atoms with van der Waals surface area (Å²) in [6.07, 6.45) is -9.48. The summed E-state index contributed by atoms with van der Waals surface area (Å²) in [6, 6.07) is 14.6. The van der Waals surface area contributed by atoms with E-state index in [2.05, 4.69) is 5.32 Å². The first kappa shape index (κ1) is 42.9. The van der Waals surface area contributed by atoms with E-state index >= 15 is 0 Å². The smallest absolute Gasteiger partial charge is 0.408 e. The highest BCUT2D eigenvalue weighted by Gasteiger charge is 2.79. The second-order valence-electron chi connectivity index (χ2n) is 17.9. The minimum Gasteiger partial charge on any atom is -0.460 e. The number of carbonyl (C=O) groups excluding carboxylic acids is 6. The lowest BCUT2D eigenvalue weighted by Crippen LogP contribution is -2.82. The van der Waals surface area contributed by atoms with Crippen molar-refractivity contribution < 1.29 is 67.8 Å². The monoisotopic (exact) mass is 807 g/mol. The summed E-state index contributed by atoms with van der Waals surface area (Å²) in [4.78, 5) is 83.6. The molecule has 0 spiro atoms. The molecule has 12 atom stereocenters. The molecule has 4 aliphatic rings. The predicted octanol–water partition coefficient (Wildman–Crippen LogP) is 3.40. The second kappa shape index (κ2) is 15.2. The molecule has 2 aromatic rings. The van der Waals surface area contributed by atoms with Gasteiger partial charge in [0, 0.05) is 37.0 Å². The van der Waals surface area contributed by atoms with Gasteiger partial charge in [-0.15, -0.1) is 0 Å². The van der Waals surface area contributed by atoms with Crippen LogP contribution in [0.15, 0.2) is 60.7 Å². The van der Waals surface area contributed by atoms with Gasteiger partial charge >= 0.3 is 24.0 Å². The maximum absolute atomic E-state index is 14.9. The molecule has 58 heavy (non-hydrogen) atoms. The SMILES string of the molecule is CC(=O)O[C@@]12CO[C@@H]1C[C@H](O)[C@@]1(C)C(=O)C(=O)C3C(C)[C@@H](OC(=O)[C@H](O)[C@@H](NC(=O)OC(C)(C)C)c4ccccc4)C[C@](O)([C@@H](OC(=O)c4ccccc4)[C@H]21)C3(C)C. The fourth-order valence-electron chi connectivity index (χ4n) is 9.87. The Morgan fingerprint density at radius 2 is 1.55 bits per heavy atom. The summed E-state index contributed by atoms with van der Waals surface area (Å²) in [7, 11) is 0. The number of alkyl carbamates (subject to hydrolysis) is 1. The van der Waals surface area contributed by atoms with E-state index in [0.717, 1.165) is 6.92 Å². The number of amides is 1. The van der Waals surface area contributed by atoms with Gasteiger partial charge in [0.05, 0.1) is 35.6 Å². The number of aliphatic hydroxyl groups excluding tert-OH is 2. The zero-order chi connectivity index (χ0) is 42.7. The molecular weight excluding hydrogens is 754 g/mol. The van der Waals surface area contributed by atoms with Crippen molar-refractivity contribution in [3.05, 3.63) is 71.8 Å². The zero-order valence-corrected chi connectivity index (χ0v) is 33.9. The summed E-state index contributed by atoms with van der Waals surface area (Å²) in [6.45, 7) is 11.8. The Morgan fingerprint density at radius 1 is 0.948 bits per heavy atom. The Labute approximate surface area is 336 Å². The van der Waals surface area contributed by atoms with Crippen LogP contribution in [-0.2, 0) is 42.9 Å². The van der Waals surface area contributed by atoms with Gasteiger partial charge in [0.15, 0.2) is 11.7 Å². The lowest BCUT2D eigenvalue weighted by Gasteiger charge is -2.67. The van der Waals surface area contributed by atoms with Crippen molar-refractivity contribution in [2.24, 2.45) is 28.6 Å². The van der Waals surface area contributed by atoms with E-state index in [1.165, 1.54) is 19.1 Å². The number of hydrogen-bond donors (Lipinski definition) is 4. The molecule has 2 unspecified atom stereocenters. The molecule has 4 N–H and O–H groups in total. The first-order valence-electron chi connectivity index (χ1n) is 19.5. The van der Waals surface area contributed by atoms with Gasteiger partial charge in [-0.1, -0.05) is 69.3 Å². The fourth-order valence-corrected chi connectivity index (χ4v) is 9.87. The third-order valence-corrected chi connectivity index (χ3v) is 12.9. The minimum absolute atomic E-state index is 0.0747. The number of aliphatic hydroxyl groups is 3. The topological polar surface area (TPSA) is 221 Å². The zero-order valence-electron chi connectivity index (χ0n) is 33.9. The number of esters is 3. The predicted molar refractivity (Wildman–Crippen MR) is 203 cm³/mol. The Balaban J connectivity index is 1.46. The summed E-state index contributed by atoms with van der Waals surface area (Å²) in [5, 5.41) is 39.3. The fraction of sp³-hybridized carbons (Fsp3) is 0.581. The first-order chi connectivity index (χ1) is 27.0. The lowest BCUT2D eigenvalue weighted by atomic mass is 9.42. The van der Waals surface area contributed by atoms with E-state index < -0.39 is 124 Å². The number of rotatable bonds is 8. The van der Waals surface area contributed by atoms with E-state index in [4.69, 9.17) is 23.7 Å². The van der Waals surface area contributed by atoms with Crippen LogP contribution in [0.2, 0.25) is 0 Å². The van der Waals surface area contributed by atoms with Crippen LogP contribution >= 0.6 is 0 Å². The molecule has 1 aliphatic heterocycles. The summed E-state index contributed by atoms with van der Waals surface area (Å²) in [5.41, 5.74) is -8.31. The van der Waals surface area contributed by atoms with Crippen molar-refractivity contribution in [1.29, 1.82) is 0 Å². The number of ether oxygens (including phenoxy) is 5. The van der Waals surface area contributed by atoms with Gasteiger partial charge in [0.25, 0.3) is 0 Å². The van der Waals surface area contributed by atoms with Crippen molar-refractivity contribution >= 4 is 35.6 Å². The normalized spacial score (nSPS) is 34.9. The standard InChI is InChI=1S/C43H53NO14/c1-22-26(55-37(51)32(48)30(24-15-11-9-12-16-24)44-38(52)58-39(3,4)5)20-43(53)35(56-36(50)25-17-13-10-14-18-25)33-41(8,34(49)31(47)29(22)40(43,6)7)27(46)19-28-42(33,21-54-28)57-23(2)45/h9-18,22,26-30,32-33,35,46,48,53H,19-21H2,1-8H3,(H,44,52)/t22?,26-,27-,28+,29?,30-,32+,33-,35-,41+,42-,43-/m0/s1. The third kappa shape index (κ3) is 7.09. The van der Waals surface area contributed by atoms with Crippen LogP contribution in [0.4, 0.5) is 4.79 Å². The van der Waals surface area contributed by atoms with Crippen molar-refractivity contribution in [3.63, 3.8) is 0 Å². The van der Waals surface area contributed by atoms with Gasteiger partial charge in [0.1, 0.15) is 29.5 Å². The van der Waals surface area contributed by atoms with E-state index in [1.54, 1.807) is 90.1 Å². The van der Waals surface area contributed by atoms with Crippen LogP contribution in [0.1, 0.15) is 90.2 Å². The molecule has 15 nitrogen and oxygen atoms in total. The molecule has 15 heteroatoms. The second-order valence-corrected chi connectivity index (χ2v) is 17.9. The van der Waals surface area contributed by atoms with E-state index in [-0.39, 0.29) is 18.6 Å². The summed E-state index contributed by atoms with van der Waals surface area (Å²) in [5.74, 6) is -8.93. The average Bonchev–Trinajstić information content (AvgIpc) is 3.14. The largest absolute Gasteiger partial charge is 0.460 e. The van der Waals surface area contributed by atoms with Crippen LogP contribution in [-0.4, -0.2) is 105 Å². The van der Waals surface area contributed by atoms with Crippen LogP contribution in [0.3, 0.4) is 0 Å². The highest BCUT2D eigenvalue weighted by Crippen LogP contribution is 2.64. The molecule has 0 aromatic heterocycles. The quantitative estimate of drug-likeness (QED) is 0.171. The van der Waals surface area contributed by atoms with Crippen molar-refractivity contribution in [2.45, 2.75) is 122 Å². The van der Waals surface area contributed by atoms with E-state index in [1.807, 2.05) is 0 Å². The molecule has 314 valence electrons. The van der Waals surface area contributed by atoms with Crippen LogP contribution in [0.5, 0.6) is 0 Å². The van der Waals surface area contributed by atoms with E-state index in [9.17, 15) is 44.1 Å². The molecule has 1 amide bonds. The Hall–Kier alpha value is -4.70. The Kier molecular flexibility index (Phi) is 11.2. The minimum atomic E-state index is -2.36. The van der Waals surface area contributed by atoms with Gasteiger partial charge in [-0.2, -0.15) is 0 Å². The number of benzene rings is 2. The van der Waals surface area contributed by atoms with Crippen molar-refractivity contribution in [1.82, 2.24) is 5.32 Å². The average molecular weight is 808 g/mol. The number of ketones is 2. The number of Topliss-reactive ketones (excluding diaryl/α,β-unsaturated/α-hetero) is 2. The molecule has 2 bridgehead atoms. The highest BCUT2D eigenvalue weighted by atomic mass is 16.6. The van der Waals surface area contributed by atoms with Crippen molar-refractivity contribution in [2.75, 3.05) is 6.61 Å².